The number of aromatic nitrogens is 4. The van der Waals surface area contributed by atoms with Crippen molar-refractivity contribution in [3.05, 3.63) is 70.3 Å². The number of nitrogens with zero attached hydrogens (tertiary/aromatic N) is 4. The molecule has 26 heavy (non-hydrogen) atoms. The Kier molecular flexibility index (Phi) is 3.76. The van der Waals surface area contributed by atoms with E-state index in [1.165, 1.54) is 10.6 Å². The van der Waals surface area contributed by atoms with Crippen LogP contribution in [0.2, 0.25) is 0 Å². The fourth-order valence-corrected chi connectivity index (χ4v) is 3.00. The zero-order chi connectivity index (χ0) is 18.3. The van der Waals surface area contributed by atoms with E-state index in [0.717, 1.165) is 16.6 Å². The summed E-state index contributed by atoms with van der Waals surface area (Å²) in [6, 6.07) is 11.2. The first-order valence-corrected chi connectivity index (χ1v) is 8.33. The highest BCUT2D eigenvalue weighted by Gasteiger charge is 2.17. The van der Waals surface area contributed by atoms with Crippen LogP contribution in [0.15, 0.2) is 53.6 Å². The maximum absolute atomic E-state index is 12.7. The number of rotatable bonds is 3. The number of imidazole rings is 1. The number of hydrogen-bond donors (Lipinski definition) is 1. The van der Waals surface area contributed by atoms with E-state index in [0.29, 0.717) is 18.1 Å². The van der Waals surface area contributed by atoms with Crippen LogP contribution in [0.3, 0.4) is 0 Å². The minimum Gasteiger partial charge on any atom is -0.310 e. The van der Waals surface area contributed by atoms with Crippen LogP contribution in [0.4, 0.5) is 5.95 Å². The van der Waals surface area contributed by atoms with E-state index in [2.05, 4.69) is 15.3 Å². The van der Waals surface area contributed by atoms with Crippen LogP contribution in [0, 0.1) is 6.92 Å². The molecule has 7 nitrogen and oxygen atoms in total. The van der Waals surface area contributed by atoms with Gasteiger partial charge in [0.05, 0.1) is 11.0 Å². The predicted molar refractivity (Wildman–Crippen MR) is 99.6 cm³/mol. The molecule has 0 fully saturated rings. The van der Waals surface area contributed by atoms with Crippen LogP contribution in [0.25, 0.3) is 16.7 Å². The Labute approximate surface area is 148 Å². The maximum atomic E-state index is 12.7. The van der Waals surface area contributed by atoms with Gasteiger partial charge in [-0.1, -0.05) is 18.2 Å². The third-order valence-electron chi connectivity index (χ3n) is 4.29. The Morgan fingerprint density at radius 3 is 2.81 bits per heavy atom. The van der Waals surface area contributed by atoms with Gasteiger partial charge >= 0.3 is 0 Å². The molecular formula is C19H17N5O2. The lowest BCUT2D eigenvalue weighted by Gasteiger charge is -2.08. The van der Waals surface area contributed by atoms with Gasteiger partial charge in [0, 0.05) is 18.9 Å². The molecule has 4 aromatic rings. The molecule has 0 unspecified atom stereocenters. The van der Waals surface area contributed by atoms with E-state index in [9.17, 15) is 9.59 Å². The molecule has 0 saturated carbocycles. The number of fused-ring (bicyclic) bond motifs is 2. The lowest BCUT2D eigenvalue weighted by Crippen LogP contribution is -2.27. The lowest BCUT2D eigenvalue weighted by atomic mass is 10.2. The van der Waals surface area contributed by atoms with Crippen LogP contribution in [-0.2, 0) is 6.54 Å². The van der Waals surface area contributed by atoms with Gasteiger partial charge in [-0.05, 0) is 37.6 Å². The largest absolute Gasteiger partial charge is 0.310 e. The van der Waals surface area contributed by atoms with Crippen LogP contribution in [-0.4, -0.2) is 24.8 Å². The first kappa shape index (κ1) is 16.0. The highest BCUT2D eigenvalue weighted by atomic mass is 16.2. The van der Waals surface area contributed by atoms with Crippen molar-refractivity contribution in [1.29, 1.82) is 0 Å². The molecule has 130 valence electrons. The summed E-state index contributed by atoms with van der Waals surface area (Å²) in [5.41, 5.74) is 2.69. The van der Waals surface area contributed by atoms with Crippen molar-refractivity contribution in [2.75, 3.05) is 5.32 Å². The third-order valence-corrected chi connectivity index (χ3v) is 4.29. The monoisotopic (exact) mass is 347 g/mol. The van der Waals surface area contributed by atoms with Crippen molar-refractivity contribution < 1.29 is 4.79 Å². The van der Waals surface area contributed by atoms with Gasteiger partial charge in [-0.2, -0.15) is 0 Å². The molecule has 0 atom stereocenters. The van der Waals surface area contributed by atoms with Crippen molar-refractivity contribution >= 4 is 28.5 Å². The van der Waals surface area contributed by atoms with Crippen LogP contribution < -0.4 is 10.9 Å². The van der Waals surface area contributed by atoms with Gasteiger partial charge in [0.2, 0.25) is 5.95 Å². The average Bonchev–Trinajstić information content (AvgIpc) is 2.99. The quantitative estimate of drug-likeness (QED) is 0.618. The summed E-state index contributed by atoms with van der Waals surface area (Å²) in [4.78, 5) is 34.0. The van der Waals surface area contributed by atoms with E-state index in [1.807, 2.05) is 48.7 Å². The van der Waals surface area contributed by atoms with Crippen LogP contribution >= 0.6 is 0 Å². The molecule has 1 amide bonds. The topological polar surface area (TPSA) is 81.3 Å². The Morgan fingerprint density at radius 1 is 1.19 bits per heavy atom. The highest BCUT2D eigenvalue weighted by molar-refractivity contribution is 6.03. The summed E-state index contributed by atoms with van der Waals surface area (Å²) in [7, 11) is 0. The molecule has 0 saturated heterocycles. The summed E-state index contributed by atoms with van der Waals surface area (Å²) in [6.07, 6.45) is 2.98. The molecule has 0 aliphatic heterocycles. The summed E-state index contributed by atoms with van der Waals surface area (Å²) < 4.78 is 3.27. The Hall–Kier alpha value is -3.48. The van der Waals surface area contributed by atoms with E-state index in [4.69, 9.17) is 0 Å². The van der Waals surface area contributed by atoms with Crippen molar-refractivity contribution in [3.63, 3.8) is 0 Å². The van der Waals surface area contributed by atoms with Crippen molar-refractivity contribution in [1.82, 2.24) is 18.9 Å². The second-order valence-corrected chi connectivity index (χ2v) is 6.03. The number of hydrogen-bond acceptors (Lipinski definition) is 4. The molecule has 0 aliphatic rings. The zero-order valence-corrected chi connectivity index (χ0v) is 14.4. The number of nitrogens with one attached hydrogen (secondary N) is 1. The maximum Gasteiger partial charge on any atom is 0.270 e. The van der Waals surface area contributed by atoms with Gasteiger partial charge in [0.15, 0.2) is 0 Å². The number of benzene rings is 1. The van der Waals surface area contributed by atoms with Gasteiger partial charge in [-0.3, -0.25) is 19.3 Å². The molecule has 1 N–H and O–H groups in total. The fraction of sp³-hybridized carbons (Fsp3) is 0.158. The number of amides is 1. The van der Waals surface area contributed by atoms with E-state index in [-0.39, 0.29) is 5.56 Å². The number of anilines is 1. The third kappa shape index (κ3) is 2.54. The number of para-hydroxylation sites is 2. The zero-order valence-electron chi connectivity index (χ0n) is 14.4. The first-order chi connectivity index (χ1) is 12.6. The molecule has 3 heterocycles. The molecule has 3 aromatic heterocycles. The van der Waals surface area contributed by atoms with Crippen molar-refractivity contribution in [2.24, 2.45) is 0 Å². The molecule has 7 heteroatoms. The molecule has 0 bridgehead atoms. The standard InChI is InChI=1S/C19H17N5O2/c1-3-23-15-7-5-4-6-14(15)21-19(23)22-17(25)13-10-20-16-9-8-12(2)11-24(16)18(13)26/h4-11H,3H2,1-2H3,(H,21,22,25). The molecule has 0 spiro atoms. The normalized spacial score (nSPS) is 11.2. The van der Waals surface area contributed by atoms with Gasteiger partial charge < -0.3 is 4.57 Å². The predicted octanol–water partition coefficient (Wildman–Crippen LogP) is 2.62. The second kappa shape index (κ2) is 6.11. The minimum atomic E-state index is -0.525. The van der Waals surface area contributed by atoms with Crippen LogP contribution in [0.5, 0.6) is 0 Å². The number of carbonyl (C=O) groups excluding carboxylic acids is 1. The smallest absolute Gasteiger partial charge is 0.270 e. The summed E-state index contributed by atoms with van der Waals surface area (Å²) in [5, 5.41) is 2.75. The Balaban J connectivity index is 1.76. The first-order valence-electron chi connectivity index (χ1n) is 8.33. The van der Waals surface area contributed by atoms with Gasteiger partial charge in [0.1, 0.15) is 11.2 Å². The van der Waals surface area contributed by atoms with Crippen LogP contribution in [0.1, 0.15) is 22.8 Å². The summed E-state index contributed by atoms with van der Waals surface area (Å²) in [5.74, 6) is -0.115. The van der Waals surface area contributed by atoms with E-state index in [1.54, 1.807) is 12.3 Å². The number of carbonyl (C=O) groups is 1. The van der Waals surface area contributed by atoms with E-state index < -0.39 is 11.5 Å². The number of aryl methyl sites for hydroxylation is 2. The summed E-state index contributed by atoms with van der Waals surface area (Å²) in [6.45, 7) is 4.49. The lowest BCUT2D eigenvalue weighted by molar-refractivity contribution is 0.102. The highest BCUT2D eigenvalue weighted by Crippen LogP contribution is 2.19. The van der Waals surface area contributed by atoms with Gasteiger partial charge in [0.25, 0.3) is 11.5 Å². The molecule has 4 rings (SSSR count). The van der Waals surface area contributed by atoms with Crippen molar-refractivity contribution in [2.45, 2.75) is 20.4 Å². The fourth-order valence-electron chi connectivity index (χ4n) is 3.00. The second-order valence-electron chi connectivity index (χ2n) is 6.03. The summed E-state index contributed by atoms with van der Waals surface area (Å²) >= 11 is 0. The average molecular weight is 347 g/mol. The SMILES string of the molecule is CCn1c(NC(=O)c2cnc3ccc(C)cn3c2=O)nc2ccccc21. The molecule has 0 aliphatic carbocycles. The van der Waals surface area contributed by atoms with Gasteiger partial charge in [-0.15, -0.1) is 0 Å². The number of pyridine rings is 1. The molecule has 0 radical (unpaired) electrons. The Morgan fingerprint density at radius 2 is 2.00 bits per heavy atom. The van der Waals surface area contributed by atoms with Gasteiger partial charge in [-0.25, -0.2) is 9.97 Å². The Bertz CT molecular complexity index is 1210. The molecule has 1 aromatic carbocycles. The van der Waals surface area contributed by atoms with Crippen molar-refractivity contribution in [3.8, 4) is 0 Å². The molecular weight excluding hydrogens is 330 g/mol. The van der Waals surface area contributed by atoms with E-state index >= 15 is 0 Å². The minimum absolute atomic E-state index is 0.0252.